The molecule has 180 valence electrons. The maximum absolute atomic E-state index is 14.4. The number of ether oxygens (including phenoxy) is 1. The smallest absolute Gasteiger partial charge is 0.418 e. The van der Waals surface area contributed by atoms with Gasteiger partial charge in [0.15, 0.2) is 11.4 Å². The van der Waals surface area contributed by atoms with Crippen molar-refractivity contribution < 1.29 is 27.8 Å². The fourth-order valence-electron chi connectivity index (χ4n) is 4.65. The minimum absolute atomic E-state index is 0.0848. The molecule has 3 rings (SSSR count). The van der Waals surface area contributed by atoms with Crippen LogP contribution in [0.15, 0.2) is 48.5 Å². The van der Waals surface area contributed by atoms with Crippen LogP contribution in [-0.2, 0) is 5.41 Å². The molecule has 1 heterocycles. The zero-order chi connectivity index (χ0) is 24.7. The number of anilines is 1. The lowest BCUT2D eigenvalue weighted by Gasteiger charge is -2.45. The Balaban J connectivity index is 1.98. The van der Waals surface area contributed by atoms with Gasteiger partial charge >= 0.3 is 6.18 Å². The van der Waals surface area contributed by atoms with Crippen molar-refractivity contribution in [1.29, 1.82) is 0 Å². The first-order valence-corrected chi connectivity index (χ1v) is 11.1. The Kier molecular flexibility index (Phi) is 6.59. The number of β-amino-alcohol motifs (C(OH)–C–C–N with tert-alkyl or cyclic N) is 1. The van der Waals surface area contributed by atoms with Crippen molar-refractivity contribution >= 4 is 11.5 Å². The zero-order valence-corrected chi connectivity index (χ0v) is 19.8. The fourth-order valence-corrected chi connectivity index (χ4v) is 4.65. The minimum Gasteiger partial charge on any atom is -0.494 e. The highest BCUT2D eigenvalue weighted by molar-refractivity contribution is 6.06. The van der Waals surface area contributed by atoms with E-state index < -0.39 is 35.6 Å². The summed E-state index contributed by atoms with van der Waals surface area (Å²) in [5, 5.41) is 11.1. The van der Waals surface area contributed by atoms with Crippen molar-refractivity contribution in [3.63, 3.8) is 0 Å². The first-order chi connectivity index (χ1) is 15.2. The predicted molar refractivity (Wildman–Crippen MR) is 123 cm³/mol. The van der Waals surface area contributed by atoms with E-state index in [0.717, 1.165) is 0 Å². The quantitative estimate of drug-likeness (QED) is 0.566. The first kappa shape index (κ1) is 25.1. The monoisotopic (exact) mass is 463 g/mol. The third kappa shape index (κ3) is 5.03. The molecule has 0 spiro atoms. The number of alkyl halides is 3. The summed E-state index contributed by atoms with van der Waals surface area (Å²) in [6.07, 6.45) is -5.42. The fraction of sp³-hybridized carbons (Fsp3) is 0.500. The van der Waals surface area contributed by atoms with Gasteiger partial charge in [-0.25, -0.2) is 0 Å². The van der Waals surface area contributed by atoms with Gasteiger partial charge in [-0.2, -0.15) is 13.2 Å². The number of Topliss-reactive ketones (excluding diaryl/α,β-unsaturated/α-hetero) is 1. The van der Waals surface area contributed by atoms with Crippen LogP contribution in [0.3, 0.4) is 0 Å². The molecule has 1 N–H and O–H groups in total. The van der Waals surface area contributed by atoms with Crippen LogP contribution in [-0.4, -0.2) is 42.4 Å². The van der Waals surface area contributed by atoms with E-state index in [1.165, 1.54) is 4.90 Å². The number of carbonyl (C=O) groups excluding carboxylic acids is 1. The Hall–Kier alpha value is -2.54. The zero-order valence-electron chi connectivity index (χ0n) is 19.8. The molecule has 0 aliphatic carbocycles. The molecule has 0 radical (unpaired) electrons. The number of nitrogens with zero attached hydrogens (tertiary/aromatic N) is 1. The largest absolute Gasteiger partial charge is 0.494 e. The molecule has 33 heavy (non-hydrogen) atoms. The van der Waals surface area contributed by atoms with Crippen LogP contribution in [0, 0.1) is 5.41 Å². The highest BCUT2D eigenvalue weighted by atomic mass is 19.4. The number of fused-ring (bicyclic) bond motifs is 1. The van der Waals surface area contributed by atoms with E-state index in [-0.39, 0.29) is 12.3 Å². The summed E-state index contributed by atoms with van der Waals surface area (Å²) in [6, 6.07) is 13.6. The molecular formula is C26H32F3NO3. The number of aliphatic hydroxyl groups is 1. The number of rotatable bonds is 7. The van der Waals surface area contributed by atoms with Crippen molar-refractivity contribution in [3.05, 3.63) is 59.7 Å². The molecule has 1 atom stereocenters. The molecule has 0 saturated heterocycles. The number of para-hydroxylation sites is 1. The summed E-state index contributed by atoms with van der Waals surface area (Å²) < 4.78 is 48.7. The van der Waals surface area contributed by atoms with Gasteiger partial charge in [-0.1, -0.05) is 52.0 Å². The van der Waals surface area contributed by atoms with Crippen LogP contribution in [0.4, 0.5) is 18.9 Å². The van der Waals surface area contributed by atoms with Gasteiger partial charge < -0.3 is 14.7 Å². The van der Waals surface area contributed by atoms with E-state index in [0.29, 0.717) is 29.2 Å². The second-order valence-electron chi connectivity index (χ2n) is 10.1. The average Bonchev–Trinajstić information content (AvgIpc) is 2.71. The molecule has 0 bridgehead atoms. The summed E-state index contributed by atoms with van der Waals surface area (Å²) in [4.78, 5) is 14.3. The van der Waals surface area contributed by atoms with Crippen molar-refractivity contribution in [2.24, 2.45) is 5.41 Å². The van der Waals surface area contributed by atoms with Gasteiger partial charge in [0.05, 0.1) is 13.2 Å². The van der Waals surface area contributed by atoms with Crippen LogP contribution < -0.4 is 9.64 Å². The average molecular weight is 464 g/mol. The third-order valence-corrected chi connectivity index (χ3v) is 6.33. The Bertz CT molecular complexity index is 1020. The molecule has 1 unspecified atom stereocenters. The molecule has 0 fully saturated rings. The topological polar surface area (TPSA) is 49.8 Å². The Morgan fingerprint density at radius 1 is 1.09 bits per heavy atom. The number of halogens is 3. The first-order valence-electron chi connectivity index (χ1n) is 11.1. The Labute approximate surface area is 193 Å². The van der Waals surface area contributed by atoms with Crippen molar-refractivity contribution in [3.8, 4) is 5.75 Å². The SMILES string of the molecule is CCOc1cccc(C(C)(C)CC(O)(CN2CC(C)(C)C(=O)c3ccccc32)C(F)(F)F)c1. The predicted octanol–water partition coefficient (Wildman–Crippen LogP) is 5.78. The summed E-state index contributed by atoms with van der Waals surface area (Å²) in [5.74, 6) is 0.460. The normalized spacial score (nSPS) is 18.0. The van der Waals surface area contributed by atoms with Crippen molar-refractivity contribution in [2.45, 2.75) is 58.2 Å². The lowest BCUT2D eigenvalue weighted by molar-refractivity contribution is -0.262. The van der Waals surface area contributed by atoms with Gasteiger partial charge in [0.1, 0.15) is 5.75 Å². The van der Waals surface area contributed by atoms with E-state index in [9.17, 15) is 23.1 Å². The highest BCUT2D eigenvalue weighted by Gasteiger charge is 2.57. The van der Waals surface area contributed by atoms with E-state index >= 15 is 0 Å². The maximum Gasteiger partial charge on any atom is 0.418 e. The lowest BCUT2D eigenvalue weighted by Crippen LogP contribution is -2.59. The Morgan fingerprint density at radius 2 is 1.76 bits per heavy atom. The number of ketones is 1. The number of hydrogen-bond acceptors (Lipinski definition) is 4. The highest BCUT2D eigenvalue weighted by Crippen LogP contribution is 2.44. The van der Waals surface area contributed by atoms with Crippen molar-refractivity contribution in [2.75, 3.05) is 24.6 Å². The third-order valence-electron chi connectivity index (χ3n) is 6.33. The summed E-state index contributed by atoms with van der Waals surface area (Å²) in [7, 11) is 0. The van der Waals surface area contributed by atoms with Crippen LogP contribution in [0.25, 0.3) is 0 Å². The number of hydrogen-bond donors (Lipinski definition) is 1. The van der Waals surface area contributed by atoms with Gasteiger partial charge in [-0.15, -0.1) is 0 Å². The molecule has 1 aliphatic rings. The maximum atomic E-state index is 14.4. The molecule has 0 aromatic heterocycles. The molecule has 0 saturated carbocycles. The molecule has 4 nitrogen and oxygen atoms in total. The Morgan fingerprint density at radius 3 is 2.39 bits per heavy atom. The van der Waals surface area contributed by atoms with Gasteiger partial charge in [0.2, 0.25) is 0 Å². The molecule has 7 heteroatoms. The second kappa shape index (κ2) is 8.67. The summed E-state index contributed by atoms with van der Waals surface area (Å²) in [6.45, 7) is 8.50. The number of carbonyl (C=O) groups is 1. The van der Waals surface area contributed by atoms with Crippen LogP contribution in [0.5, 0.6) is 5.75 Å². The van der Waals surface area contributed by atoms with Crippen molar-refractivity contribution in [1.82, 2.24) is 0 Å². The van der Waals surface area contributed by atoms with E-state index in [2.05, 4.69) is 0 Å². The molecular weight excluding hydrogens is 431 g/mol. The van der Waals surface area contributed by atoms with E-state index in [1.807, 2.05) is 6.92 Å². The van der Waals surface area contributed by atoms with Crippen LogP contribution >= 0.6 is 0 Å². The molecule has 1 aliphatic heterocycles. The molecule has 0 amide bonds. The molecule has 2 aromatic carbocycles. The van der Waals surface area contributed by atoms with Gasteiger partial charge in [-0.3, -0.25) is 4.79 Å². The standard InChI is InChI=1S/C26H32F3NO3/c1-6-33-19-11-9-10-18(14-19)23(2,3)15-25(32,26(27,28)29)17-30-16-24(4,5)22(31)20-12-7-8-13-21(20)30/h7-14,32H,6,15-17H2,1-5H3. The number of benzene rings is 2. The van der Waals surface area contributed by atoms with Crippen LogP contribution in [0.1, 0.15) is 57.0 Å². The van der Waals surface area contributed by atoms with Gasteiger partial charge in [0.25, 0.3) is 0 Å². The van der Waals surface area contributed by atoms with Crippen LogP contribution in [0.2, 0.25) is 0 Å². The summed E-state index contributed by atoms with van der Waals surface area (Å²) in [5.41, 5.74) is -3.43. The van der Waals surface area contributed by atoms with E-state index in [4.69, 9.17) is 4.74 Å². The lowest BCUT2D eigenvalue weighted by atomic mass is 9.73. The minimum atomic E-state index is -4.87. The second-order valence-corrected chi connectivity index (χ2v) is 10.1. The van der Waals surface area contributed by atoms with E-state index in [1.54, 1.807) is 76.2 Å². The molecule has 2 aromatic rings. The van der Waals surface area contributed by atoms with Gasteiger partial charge in [0, 0.05) is 23.2 Å². The van der Waals surface area contributed by atoms with Gasteiger partial charge in [-0.05, 0) is 48.6 Å². The summed E-state index contributed by atoms with van der Waals surface area (Å²) >= 11 is 0.